The van der Waals surface area contributed by atoms with Crippen molar-refractivity contribution in [3.8, 4) is 0 Å². The topological polar surface area (TPSA) is 72.2 Å². The summed E-state index contributed by atoms with van der Waals surface area (Å²) in [5, 5.41) is 11.0. The Hall–Kier alpha value is -2.47. The lowest BCUT2D eigenvalue weighted by molar-refractivity contribution is 0.0699. The Morgan fingerprint density at radius 1 is 1.33 bits per heavy atom. The Bertz CT molecular complexity index is 986. The number of carboxylic acids is 1. The van der Waals surface area contributed by atoms with E-state index in [0.717, 1.165) is 11.1 Å². The standard InChI is InChI=1S/C18H18N2O3S/c1-10(2)15-19-16-14(13(9-24-16)18(22)23)17(21)20(15)8-12-7-5-4-6-11(12)3/h4-7,9-10H,8H2,1-3H3,(H,22,23). The van der Waals surface area contributed by atoms with Gasteiger partial charge < -0.3 is 5.11 Å². The average Bonchev–Trinajstić information content (AvgIpc) is 2.96. The fourth-order valence-corrected chi connectivity index (χ4v) is 3.66. The number of thiophene rings is 1. The minimum atomic E-state index is -1.10. The Labute approximate surface area is 143 Å². The molecule has 3 aromatic rings. The monoisotopic (exact) mass is 342 g/mol. The summed E-state index contributed by atoms with van der Waals surface area (Å²) in [6.45, 7) is 6.34. The molecule has 3 rings (SSSR count). The molecule has 0 aliphatic heterocycles. The van der Waals surface area contributed by atoms with Gasteiger partial charge in [-0.3, -0.25) is 9.36 Å². The van der Waals surface area contributed by atoms with Crippen molar-refractivity contribution in [1.29, 1.82) is 0 Å². The Morgan fingerprint density at radius 3 is 2.67 bits per heavy atom. The van der Waals surface area contributed by atoms with E-state index >= 15 is 0 Å². The molecule has 0 fully saturated rings. The molecule has 1 aromatic carbocycles. The summed E-state index contributed by atoms with van der Waals surface area (Å²) in [4.78, 5) is 29.5. The summed E-state index contributed by atoms with van der Waals surface area (Å²) >= 11 is 1.20. The largest absolute Gasteiger partial charge is 0.478 e. The first kappa shape index (κ1) is 16.4. The first-order valence-electron chi connectivity index (χ1n) is 7.70. The van der Waals surface area contributed by atoms with Gasteiger partial charge in [0.25, 0.3) is 5.56 Å². The molecular formula is C18H18N2O3S. The maximum absolute atomic E-state index is 13.0. The number of hydrogen-bond donors (Lipinski definition) is 1. The molecule has 0 saturated heterocycles. The third kappa shape index (κ3) is 2.73. The van der Waals surface area contributed by atoms with Gasteiger partial charge in [-0.2, -0.15) is 0 Å². The van der Waals surface area contributed by atoms with Crippen molar-refractivity contribution in [3.63, 3.8) is 0 Å². The minimum absolute atomic E-state index is 0.0290. The van der Waals surface area contributed by atoms with Crippen molar-refractivity contribution in [2.45, 2.75) is 33.2 Å². The van der Waals surface area contributed by atoms with Crippen LogP contribution in [0.15, 0.2) is 34.4 Å². The summed E-state index contributed by atoms with van der Waals surface area (Å²) in [6, 6.07) is 7.85. The van der Waals surface area contributed by atoms with Crippen LogP contribution in [0, 0.1) is 6.92 Å². The molecule has 5 nitrogen and oxygen atoms in total. The number of carboxylic acid groups (broad SMARTS) is 1. The first-order valence-corrected chi connectivity index (χ1v) is 8.57. The molecular weight excluding hydrogens is 324 g/mol. The van der Waals surface area contributed by atoms with Gasteiger partial charge >= 0.3 is 5.97 Å². The molecule has 0 aliphatic rings. The molecule has 0 aliphatic carbocycles. The summed E-state index contributed by atoms with van der Waals surface area (Å²) in [6.07, 6.45) is 0. The fourth-order valence-electron chi connectivity index (χ4n) is 2.75. The summed E-state index contributed by atoms with van der Waals surface area (Å²) < 4.78 is 1.61. The molecule has 0 saturated carbocycles. The smallest absolute Gasteiger partial charge is 0.337 e. The number of aromatic carboxylic acids is 1. The Morgan fingerprint density at radius 2 is 2.04 bits per heavy atom. The maximum Gasteiger partial charge on any atom is 0.337 e. The number of carbonyl (C=O) groups is 1. The van der Waals surface area contributed by atoms with Crippen LogP contribution in [0.1, 0.15) is 47.1 Å². The molecule has 0 atom stereocenters. The molecule has 6 heteroatoms. The molecule has 0 bridgehead atoms. The van der Waals surface area contributed by atoms with Crippen molar-refractivity contribution in [1.82, 2.24) is 9.55 Å². The van der Waals surface area contributed by atoms with Crippen LogP contribution in [0.25, 0.3) is 10.2 Å². The molecule has 0 spiro atoms. The van der Waals surface area contributed by atoms with E-state index in [-0.39, 0.29) is 22.4 Å². The van der Waals surface area contributed by atoms with Gasteiger partial charge in [-0.05, 0) is 18.1 Å². The molecule has 1 N–H and O–H groups in total. The van der Waals surface area contributed by atoms with Crippen LogP contribution in [0.2, 0.25) is 0 Å². The van der Waals surface area contributed by atoms with Crippen LogP contribution < -0.4 is 5.56 Å². The second-order valence-corrected chi connectivity index (χ2v) is 6.94. The lowest BCUT2D eigenvalue weighted by Crippen LogP contribution is -2.27. The van der Waals surface area contributed by atoms with E-state index in [9.17, 15) is 14.7 Å². The maximum atomic E-state index is 13.0. The van der Waals surface area contributed by atoms with E-state index in [4.69, 9.17) is 0 Å². The number of fused-ring (bicyclic) bond motifs is 1. The predicted molar refractivity (Wildman–Crippen MR) is 95.2 cm³/mol. The average molecular weight is 342 g/mol. The van der Waals surface area contributed by atoms with Crippen LogP contribution in [-0.4, -0.2) is 20.6 Å². The minimum Gasteiger partial charge on any atom is -0.478 e. The third-order valence-corrected chi connectivity index (χ3v) is 4.93. The highest BCUT2D eigenvalue weighted by Crippen LogP contribution is 2.24. The van der Waals surface area contributed by atoms with E-state index in [1.54, 1.807) is 4.57 Å². The van der Waals surface area contributed by atoms with Gasteiger partial charge in [0, 0.05) is 11.3 Å². The van der Waals surface area contributed by atoms with Gasteiger partial charge in [-0.15, -0.1) is 11.3 Å². The van der Waals surface area contributed by atoms with Crippen LogP contribution >= 0.6 is 11.3 Å². The molecule has 124 valence electrons. The molecule has 24 heavy (non-hydrogen) atoms. The van der Waals surface area contributed by atoms with Crippen molar-refractivity contribution >= 4 is 27.5 Å². The van der Waals surface area contributed by atoms with Crippen LogP contribution in [0.4, 0.5) is 0 Å². The third-order valence-electron chi connectivity index (χ3n) is 4.06. The Kier molecular flexibility index (Phi) is 4.24. The van der Waals surface area contributed by atoms with Crippen molar-refractivity contribution < 1.29 is 9.90 Å². The lowest BCUT2D eigenvalue weighted by atomic mass is 10.1. The molecule has 2 heterocycles. The summed E-state index contributed by atoms with van der Waals surface area (Å²) in [7, 11) is 0. The zero-order chi connectivity index (χ0) is 17.4. The van der Waals surface area contributed by atoms with Gasteiger partial charge in [0.05, 0.1) is 17.5 Å². The number of aromatic nitrogens is 2. The molecule has 0 radical (unpaired) electrons. The van der Waals surface area contributed by atoms with Crippen LogP contribution in [0.3, 0.4) is 0 Å². The second-order valence-electron chi connectivity index (χ2n) is 6.08. The predicted octanol–water partition coefficient (Wildman–Crippen LogP) is 3.64. The number of aryl methyl sites for hydroxylation is 1. The summed E-state index contributed by atoms with van der Waals surface area (Å²) in [5.74, 6) is -0.365. The van der Waals surface area contributed by atoms with Crippen molar-refractivity contribution in [2.75, 3.05) is 0 Å². The molecule has 2 aromatic heterocycles. The lowest BCUT2D eigenvalue weighted by Gasteiger charge is -2.16. The van der Waals surface area contributed by atoms with Crippen molar-refractivity contribution in [3.05, 3.63) is 62.5 Å². The second kappa shape index (κ2) is 6.20. The zero-order valence-electron chi connectivity index (χ0n) is 13.7. The highest BCUT2D eigenvalue weighted by atomic mass is 32.1. The first-order chi connectivity index (χ1) is 11.4. The number of nitrogens with zero attached hydrogens (tertiary/aromatic N) is 2. The van der Waals surface area contributed by atoms with Gasteiger partial charge in [0.1, 0.15) is 10.7 Å². The van der Waals surface area contributed by atoms with E-state index in [1.807, 2.05) is 45.0 Å². The van der Waals surface area contributed by atoms with Crippen LogP contribution in [0.5, 0.6) is 0 Å². The normalized spacial score (nSPS) is 11.3. The van der Waals surface area contributed by atoms with E-state index in [1.165, 1.54) is 16.7 Å². The number of benzene rings is 1. The number of rotatable bonds is 4. The molecule has 0 unspecified atom stereocenters. The van der Waals surface area contributed by atoms with E-state index < -0.39 is 5.97 Å². The highest BCUT2D eigenvalue weighted by Gasteiger charge is 2.21. The van der Waals surface area contributed by atoms with Gasteiger partial charge in [-0.25, -0.2) is 9.78 Å². The SMILES string of the molecule is Cc1ccccc1Cn1c(C(C)C)nc2scc(C(=O)O)c2c1=O. The van der Waals surface area contributed by atoms with E-state index in [0.29, 0.717) is 17.2 Å². The fraction of sp³-hybridized carbons (Fsp3) is 0.278. The molecule has 0 amide bonds. The van der Waals surface area contributed by atoms with Gasteiger partial charge in [0.15, 0.2) is 0 Å². The van der Waals surface area contributed by atoms with Gasteiger partial charge in [0.2, 0.25) is 0 Å². The zero-order valence-corrected chi connectivity index (χ0v) is 14.6. The summed E-state index contributed by atoms with van der Waals surface area (Å²) in [5.41, 5.74) is 1.85. The van der Waals surface area contributed by atoms with Crippen molar-refractivity contribution in [2.24, 2.45) is 0 Å². The van der Waals surface area contributed by atoms with Crippen LogP contribution in [-0.2, 0) is 6.54 Å². The van der Waals surface area contributed by atoms with Gasteiger partial charge in [-0.1, -0.05) is 38.1 Å². The highest BCUT2D eigenvalue weighted by molar-refractivity contribution is 7.17. The number of hydrogen-bond acceptors (Lipinski definition) is 4. The Balaban J connectivity index is 2.28. The quantitative estimate of drug-likeness (QED) is 0.786. The van der Waals surface area contributed by atoms with E-state index in [2.05, 4.69) is 4.98 Å².